The van der Waals surface area contributed by atoms with Crippen LogP contribution in [0, 0.1) is 16.7 Å². The van der Waals surface area contributed by atoms with Gasteiger partial charge in [0.1, 0.15) is 12.2 Å². The van der Waals surface area contributed by atoms with E-state index >= 15 is 0 Å². The number of hydrogen-bond donors (Lipinski definition) is 0. The highest BCUT2D eigenvalue weighted by molar-refractivity contribution is 5.89. The second kappa shape index (κ2) is 8.10. The van der Waals surface area contributed by atoms with E-state index in [1.54, 1.807) is 20.2 Å². The molecule has 0 spiro atoms. The van der Waals surface area contributed by atoms with Crippen molar-refractivity contribution in [2.24, 2.45) is 5.41 Å². The molecule has 1 fully saturated rings. The third-order valence-corrected chi connectivity index (χ3v) is 6.16. The molecule has 1 aliphatic carbocycles. The van der Waals surface area contributed by atoms with Gasteiger partial charge in [-0.05, 0) is 50.3 Å². The molecule has 0 saturated heterocycles. The first-order valence-corrected chi connectivity index (χ1v) is 10.6. The summed E-state index contributed by atoms with van der Waals surface area (Å²) in [6, 6.07) is 7.76. The number of benzene rings is 1. The zero-order valence-electron chi connectivity index (χ0n) is 18.1. The maximum atomic E-state index is 12.7. The predicted octanol–water partition coefficient (Wildman–Crippen LogP) is 3.89. The average molecular weight is 422 g/mol. The van der Waals surface area contributed by atoms with E-state index in [9.17, 15) is 14.9 Å². The van der Waals surface area contributed by atoms with Crippen LogP contribution in [0.1, 0.15) is 55.1 Å². The molecule has 2 heterocycles. The van der Waals surface area contributed by atoms with E-state index in [0.717, 1.165) is 42.5 Å². The van der Waals surface area contributed by atoms with E-state index < -0.39 is 5.97 Å². The maximum absolute atomic E-state index is 12.7. The minimum Gasteiger partial charge on any atom is -0.493 e. The number of nitriles is 1. The highest BCUT2D eigenvalue weighted by atomic mass is 16.5. The molecule has 0 bridgehead atoms. The summed E-state index contributed by atoms with van der Waals surface area (Å²) in [4.78, 5) is 24.9. The Morgan fingerprint density at radius 3 is 2.65 bits per heavy atom. The number of carbonyl (C=O) groups excluding carboxylic acids is 1. The Kier molecular flexibility index (Phi) is 5.48. The Balaban J connectivity index is 1.77. The Morgan fingerprint density at radius 1 is 1.26 bits per heavy atom. The van der Waals surface area contributed by atoms with E-state index in [4.69, 9.17) is 14.2 Å². The predicted molar refractivity (Wildman–Crippen MR) is 114 cm³/mol. The molecule has 1 aromatic heterocycles. The number of hydrogen-bond acceptors (Lipinski definition) is 6. The first-order chi connectivity index (χ1) is 14.9. The number of carbonyl (C=O) groups is 1. The van der Waals surface area contributed by atoms with Crippen molar-refractivity contribution in [1.82, 2.24) is 4.57 Å². The molecule has 1 aliphatic heterocycles. The standard InChI is InChI=1S/C24H26N2O5/c1-4-16-8-15-9-22(31-14-24(13-25)6-7-24)21(29-3)10-17(15)19-11-20(27)18(12-26(16)19)23(28)30-5-2/h9-12,16H,4-8,14H2,1-3H3. The van der Waals surface area contributed by atoms with Gasteiger partial charge in [0, 0.05) is 23.9 Å². The quantitative estimate of drug-likeness (QED) is 0.629. The fourth-order valence-corrected chi connectivity index (χ4v) is 4.06. The minimum atomic E-state index is -0.601. The molecule has 0 N–H and O–H groups in total. The van der Waals surface area contributed by atoms with Gasteiger partial charge in [-0.3, -0.25) is 4.79 Å². The van der Waals surface area contributed by atoms with Gasteiger partial charge in [-0.1, -0.05) is 6.92 Å². The van der Waals surface area contributed by atoms with Gasteiger partial charge in [-0.15, -0.1) is 0 Å². The average Bonchev–Trinajstić information content (AvgIpc) is 3.56. The number of esters is 1. The Hall–Kier alpha value is -3.27. The van der Waals surface area contributed by atoms with Gasteiger partial charge in [-0.2, -0.15) is 5.26 Å². The van der Waals surface area contributed by atoms with Crippen LogP contribution in [0.25, 0.3) is 11.3 Å². The fraction of sp³-hybridized carbons (Fsp3) is 0.458. The molecule has 7 nitrogen and oxygen atoms in total. The highest BCUT2D eigenvalue weighted by Crippen LogP contribution is 2.47. The van der Waals surface area contributed by atoms with Crippen LogP contribution >= 0.6 is 0 Å². The van der Waals surface area contributed by atoms with Gasteiger partial charge in [-0.25, -0.2) is 4.79 Å². The molecule has 2 aliphatic rings. The van der Waals surface area contributed by atoms with E-state index in [1.165, 1.54) is 6.07 Å². The van der Waals surface area contributed by atoms with Gasteiger partial charge >= 0.3 is 5.97 Å². The van der Waals surface area contributed by atoms with Crippen molar-refractivity contribution in [1.29, 1.82) is 5.26 Å². The Bertz CT molecular complexity index is 1120. The highest BCUT2D eigenvalue weighted by Gasteiger charge is 2.44. The van der Waals surface area contributed by atoms with E-state index in [1.807, 2.05) is 16.7 Å². The molecule has 1 saturated carbocycles. The first kappa shape index (κ1) is 21.0. The van der Waals surface area contributed by atoms with Crippen molar-refractivity contribution in [3.63, 3.8) is 0 Å². The van der Waals surface area contributed by atoms with Crippen LogP contribution in [-0.2, 0) is 11.2 Å². The molecule has 7 heteroatoms. The zero-order chi connectivity index (χ0) is 22.2. The Labute approximate surface area is 181 Å². The van der Waals surface area contributed by atoms with E-state index in [2.05, 4.69) is 13.0 Å². The lowest BCUT2D eigenvalue weighted by Crippen LogP contribution is -2.26. The molecule has 1 aromatic carbocycles. The van der Waals surface area contributed by atoms with Crippen molar-refractivity contribution in [3.8, 4) is 28.8 Å². The number of methoxy groups -OCH3 is 1. The number of fused-ring (bicyclic) bond motifs is 3. The minimum absolute atomic E-state index is 0.0469. The molecule has 4 rings (SSSR count). The van der Waals surface area contributed by atoms with Gasteiger partial charge in [0.05, 0.1) is 30.9 Å². The monoisotopic (exact) mass is 422 g/mol. The molecule has 0 radical (unpaired) electrons. The van der Waals surface area contributed by atoms with Gasteiger partial charge < -0.3 is 18.8 Å². The van der Waals surface area contributed by atoms with Crippen LogP contribution in [0.5, 0.6) is 11.5 Å². The van der Waals surface area contributed by atoms with E-state index in [0.29, 0.717) is 18.1 Å². The van der Waals surface area contributed by atoms with Crippen molar-refractivity contribution in [3.05, 3.63) is 45.7 Å². The van der Waals surface area contributed by atoms with E-state index in [-0.39, 0.29) is 29.1 Å². The van der Waals surface area contributed by atoms with Crippen LogP contribution in [-0.4, -0.2) is 30.9 Å². The number of nitrogens with zero attached hydrogens (tertiary/aromatic N) is 2. The Morgan fingerprint density at radius 2 is 2.03 bits per heavy atom. The lowest BCUT2D eigenvalue weighted by atomic mass is 9.90. The first-order valence-electron chi connectivity index (χ1n) is 10.6. The summed E-state index contributed by atoms with van der Waals surface area (Å²) in [6.45, 7) is 4.35. The van der Waals surface area contributed by atoms with Crippen molar-refractivity contribution >= 4 is 5.97 Å². The SMILES string of the molecule is CCOC(=O)c1cn2c(cc1=O)-c1cc(OC)c(OCC3(C#N)CC3)cc1CC2CC. The number of pyridine rings is 1. The normalized spacial score (nSPS) is 17.7. The summed E-state index contributed by atoms with van der Waals surface area (Å²) in [6.07, 6.45) is 4.89. The summed E-state index contributed by atoms with van der Waals surface area (Å²) in [5.74, 6) is 0.559. The van der Waals surface area contributed by atoms with Gasteiger partial charge in [0.2, 0.25) is 0 Å². The number of rotatable bonds is 7. The van der Waals surface area contributed by atoms with Crippen LogP contribution in [0.3, 0.4) is 0 Å². The van der Waals surface area contributed by atoms with Crippen LogP contribution in [0.15, 0.2) is 29.2 Å². The smallest absolute Gasteiger partial charge is 0.343 e. The van der Waals surface area contributed by atoms with Crippen LogP contribution in [0.2, 0.25) is 0 Å². The topological polar surface area (TPSA) is 90.6 Å². The summed E-state index contributed by atoms with van der Waals surface area (Å²) in [5, 5.41) is 9.32. The van der Waals surface area contributed by atoms with Crippen LogP contribution in [0.4, 0.5) is 0 Å². The molecule has 1 unspecified atom stereocenters. The number of aromatic nitrogens is 1. The second-order valence-electron chi connectivity index (χ2n) is 8.17. The summed E-state index contributed by atoms with van der Waals surface area (Å²) in [5.41, 5.74) is 1.97. The molecule has 162 valence electrons. The fourth-order valence-electron chi connectivity index (χ4n) is 4.06. The molecular formula is C24H26N2O5. The molecule has 2 aromatic rings. The summed E-state index contributed by atoms with van der Waals surface area (Å²) in [7, 11) is 1.57. The lowest BCUT2D eigenvalue weighted by Gasteiger charge is -2.31. The third kappa shape index (κ3) is 3.78. The molecular weight excluding hydrogens is 396 g/mol. The molecule has 1 atom stereocenters. The lowest BCUT2D eigenvalue weighted by molar-refractivity contribution is 0.0523. The van der Waals surface area contributed by atoms with Crippen molar-refractivity contribution in [2.75, 3.05) is 20.3 Å². The van der Waals surface area contributed by atoms with Gasteiger partial charge in [0.15, 0.2) is 16.9 Å². The van der Waals surface area contributed by atoms with Crippen molar-refractivity contribution in [2.45, 2.75) is 45.6 Å². The third-order valence-electron chi connectivity index (χ3n) is 6.16. The van der Waals surface area contributed by atoms with Crippen LogP contribution < -0.4 is 14.9 Å². The summed E-state index contributed by atoms with van der Waals surface area (Å²) < 4.78 is 18.6. The molecule has 31 heavy (non-hydrogen) atoms. The number of ether oxygens (including phenoxy) is 3. The second-order valence-corrected chi connectivity index (χ2v) is 8.17. The summed E-state index contributed by atoms with van der Waals surface area (Å²) >= 11 is 0. The largest absolute Gasteiger partial charge is 0.493 e. The van der Waals surface area contributed by atoms with Gasteiger partial charge in [0.25, 0.3) is 0 Å². The maximum Gasteiger partial charge on any atom is 0.343 e. The molecule has 0 amide bonds. The van der Waals surface area contributed by atoms with Crippen molar-refractivity contribution < 1.29 is 19.0 Å². The zero-order valence-corrected chi connectivity index (χ0v) is 18.1.